The molecule has 1 aliphatic carbocycles. The maximum atomic E-state index is 5.97. The molecule has 0 amide bonds. The Balaban J connectivity index is 2.13. The monoisotopic (exact) mass is 244 g/mol. The standard InChI is InChI=1S/C11H14Cl2N2/c12-9-4-3-8(6-10(9)13)11(15-14)5-7-1-2-7/h3-4,6-7,11,15H,1-2,5,14H2. The average molecular weight is 245 g/mol. The van der Waals surface area contributed by atoms with Crippen LogP contribution in [0.5, 0.6) is 0 Å². The molecule has 15 heavy (non-hydrogen) atoms. The van der Waals surface area contributed by atoms with Crippen LogP contribution in [0.3, 0.4) is 0 Å². The largest absolute Gasteiger partial charge is 0.271 e. The van der Waals surface area contributed by atoms with Gasteiger partial charge in [-0.15, -0.1) is 0 Å². The molecule has 2 rings (SSSR count). The molecule has 0 aliphatic heterocycles. The second-order valence-corrected chi connectivity index (χ2v) is 4.89. The van der Waals surface area contributed by atoms with Gasteiger partial charge < -0.3 is 0 Å². The molecule has 0 heterocycles. The number of rotatable bonds is 4. The van der Waals surface area contributed by atoms with Crippen LogP contribution >= 0.6 is 23.2 Å². The number of benzene rings is 1. The number of nitrogens with one attached hydrogen (secondary N) is 1. The van der Waals surface area contributed by atoms with Crippen molar-refractivity contribution in [1.29, 1.82) is 0 Å². The van der Waals surface area contributed by atoms with E-state index in [1.54, 1.807) is 0 Å². The second-order valence-electron chi connectivity index (χ2n) is 4.07. The molecule has 0 spiro atoms. The van der Waals surface area contributed by atoms with Crippen molar-refractivity contribution in [3.05, 3.63) is 33.8 Å². The maximum Gasteiger partial charge on any atom is 0.0595 e. The molecule has 82 valence electrons. The number of hydrogen-bond donors (Lipinski definition) is 2. The number of hydrogen-bond acceptors (Lipinski definition) is 2. The van der Waals surface area contributed by atoms with Gasteiger partial charge in [0.2, 0.25) is 0 Å². The van der Waals surface area contributed by atoms with Gasteiger partial charge >= 0.3 is 0 Å². The minimum Gasteiger partial charge on any atom is -0.271 e. The fourth-order valence-corrected chi connectivity index (χ4v) is 2.02. The van der Waals surface area contributed by atoms with Crippen molar-refractivity contribution in [2.75, 3.05) is 0 Å². The van der Waals surface area contributed by atoms with Crippen LogP contribution in [0.4, 0.5) is 0 Å². The third-order valence-corrected chi connectivity index (χ3v) is 3.55. The number of hydrazine groups is 1. The van der Waals surface area contributed by atoms with Crippen molar-refractivity contribution in [2.24, 2.45) is 11.8 Å². The Hall–Kier alpha value is -0.280. The first-order valence-electron chi connectivity index (χ1n) is 5.12. The minimum atomic E-state index is 0.187. The van der Waals surface area contributed by atoms with Gasteiger partial charge in [-0.2, -0.15) is 0 Å². The van der Waals surface area contributed by atoms with E-state index in [0.29, 0.717) is 10.0 Å². The van der Waals surface area contributed by atoms with E-state index in [1.807, 2.05) is 18.2 Å². The Morgan fingerprint density at radius 1 is 1.33 bits per heavy atom. The van der Waals surface area contributed by atoms with Crippen LogP contribution in [0.1, 0.15) is 30.9 Å². The summed E-state index contributed by atoms with van der Waals surface area (Å²) in [6, 6.07) is 5.86. The first-order valence-corrected chi connectivity index (χ1v) is 5.87. The van der Waals surface area contributed by atoms with Gasteiger partial charge in [-0.3, -0.25) is 11.3 Å². The minimum absolute atomic E-state index is 0.187. The normalized spacial score (nSPS) is 17.8. The van der Waals surface area contributed by atoms with E-state index in [2.05, 4.69) is 5.43 Å². The van der Waals surface area contributed by atoms with E-state index < -0.39 is 0 Å². The summed E-state index contributed by atoms with van der Waals surface area (Å²) in [5.74, 6) is 6.36. The SMILES string of the molecule is NNC(CC1CC1)c1ccc(Cl)c(Cl)c1. The fraction of sp³-hybridized carbons (Fsp3) is 0.455. The second kappa shape index (κ2) is 4.71. The molecule has 2 nitrogen and oxygen atoms in total. The van der Waals surface area contributed by atoms with E-state index in [-0.39, 0.29) is 6.04 Å². The van der Waals surface area contributed by atoms with Crippen molar-refractivity contribution >= 4 is 23.2 Å². The molecule has 0 radical (unpaired) electrons. The van der Waals surface area contributed by atoms with Crippen molar-refractivity contribution < 1.29 is 0 Å². The molecule has 1 aromatic rings. The molecule has 1 fully saturated rings. The molecule has 1 aromatic carbocycles. The van der Waals surface area contributed by atoms with Crippen LogP contribution in [-0.4, -0.2) is 0 Å². The van der Waals surface area contributed by atoms with Gasteiger partial charge in [0.05, 0.1) is 10.0 Å². The summed E-state index contributed by atoms with van der Waals surface area (Å²) in [7, 11) is 0. The van der Waals surface area contributed by atoms with E-state index in [9.17, 15) is 0 Å². The zero-order valence-corrected chi connectivity index (χ0v) is 9.85. The quantitative estimate of drug-likeness (QED) is 0.631. The van der Waals surface area contributed by atoms with E-state index >= 15 is 0 Å². The summed E-state index contributed by atoms with van der Waals surface area (Å²) < 4.78 is 0. The van der Waals surface area contributed by atoms with Gasteiger partial charge in [0.25, 0.3) is 0 Å². The Morgan fingerprint density at radius 3 is 2.60 bits per heavy atom. The lowest BCUT2D eigenvalue weighted by Gasteiger charge is -2.16. The lowest BCUT2D eigenvalue weighted by molar-refractivity contribution is 0.487. The summed E-state index contributed by atoms with van der Waals surface area (Å²) in [5, 5.41) is 1.17. The molecule has 3 N–H and O–H groups in total. The summed E-state index contributed by atoms with van der Waals surface area (Å²) in [5.41, 5.74) is 3.94. The predicted molar refractivity (Wildman–Crippen MR) is 63.9 cm³/mol. The first kappa shape index (κ1) is 11.2. The summed E-state index contributed by atoms with van der Waals surface area (Å²) in [6.45, 7) is 0. The Morgan fingerprint density at radius 2 is 2.07 bits per heavy atom. The summed E-state index contributed by atoms with van der Waals surface area (Å²) in [4.78, 5) is 0. The lowest BCUT2D eigenvalue weighted by Crippen LogP contribution is -2.28. The predicted octanol–water partition coefficient (Wildman–Crippen LogP) is 3.30. The van der Waals surface area contributed by atoms with Crippen LogP contribution in [0.25, 0.3) is 0 Å². The van der Waals surface area contributed by atoms with Crippen LogP contribution in [-0.2, 0) is 0 Å². The van der Waals surface area contributed by atoms with Gasteiger partial charge in [0.1, 0.15) is 0 Å². The van der Waals surface area contributed by atoms with Crippen LogP contribution in [0.2, 0.25) is 10.0 Å². The molecule has 0 saturated heterocycles. The van der Waals surface area contributed by atoms with Crippen molar-refractivity contribution in [1.82, 2.24) is 5.43 Å². The third kappa shape index (κ3) is 2.85. The molecule has 0 aromatic heterocycles. The lowest BCUT2D eigenvalue weighted by atomic mass is 10.0. The molecule has 1 saturated carbocycles. The molecular weight excluding hydrogens is 231 g/mol. The summed E-state index contributed by atoms with van der Waals surface area (Å²) in [6.07, 6.45) is 3.72. The van der Waals surface area contributed by atoms with Crippen molar-refractivity contribution in [2.45, 2.75) is 25.3 Å². The Bertz CT molecular complexity index is 350. The van der Waals surface area contributed by atoms with Crippen LogP contribution in [0, 0.1) is 5.92 Å². The maximum absolute atomic E-state index is 5.97. The van der Waals surface area contributed by atoms with Crippen LogP contribution < -0.4 is 11.3 Å². The molecule has 4 heteroatoms. The highest BCUT2D eigenvalue weighted by Crippen LogP contribution is 2.38. The van der Waals surface area contributed by atoms with Crippen LogP contribution in [0.15, 0.2) is 18.2 Å². The molecule has 1 aliphatic rings. The highest BCUT2D eigenvalue weighted by Gasteiger charge is 2.25. The molecule has 1 atom stereocenters. The van der Waals surface area contributed by atoms with E-state index in [1.165, 1.54) is 12.8 Å². The summed E-state index contributed by atoms with van der Waals surface area (Å²) >= 11 is 11.8. The smallest absolute Gasteiger partial charge is 0.0595 e. The van der Waals surface area contributed by atoms with E-state index in [4.69, 9.17) is 29.0 Å². The van der Waals surface area contributed by atoms with E-state index in [0.717, 1.165) is 17.9 Å². The van der Waals surface area contributed by atoms with Crippen molar-refractivity contribution in [3.63, 3.8) is 0 Å². The molecule has 1 unspecified atom stereocenters. The highest BCUT2D eigenvalue weighted by atomic mass is 35.5. The Kier molecular flexibility index (Phi) is 3.52. The number of nitrogens with two attached hydrogens (primary N) is 1. The molecular formula is C11H14Cl2N2. The fourth-order valence-electron chi connectivity index (χ4n) is 1.72. The van der Waals surface area contributed by atoms with Gasteiger partial charge in [0.15, 0.2) is 0 Å². The Labute approximate surface area is 99.7 Å². The van der Waals surface area contributed by atoms with Crippen molar-refractivity contribution in [3.8, 4) is 0 Å². The number of halogens is 2. The average Bonchev–Trinajstić information content (AvgIpc) is 3.02. The topological polar surface area (TPSA) is 38.0 Å². The van der Waals surface area contributed by atoms with Gasteiger partial charge in [-0.05, 0) is 30.0 Å². The zero-order valence-electron chi connectivity index (χ0n) is 8.34. The highest BCUT2D eigenvalue weighted by molar-refractivity contribution is 6.42. The van der Waals surface area contributed by atoms with Gasteiger partial charge in [-0.1, -0.05) is 42.1 Å². The zero-order chi connectivity index (χ0) is 10.8. The van der Waals surface area contributed by atoms with Gasteiger partial charge in [-0.25, -0.2) is 0 Å². The third-order valence-electron chi connectivity index (χ3n) is 2.81. The molecule has 0 bridgehead atoms. The first-order chi connectivity index (χ1) is 7.20. The van der Waals surface area contributed by atoms with Gasteiger partial charge in [0, 0.05) is 6.04 Å².